The predicted octanol–water partition coefficient (Wildman–Crippen LogP) is 4.50. The maximum absolute atomic E-state index is 3.78. The lowest BCUT2D eigenvalue weighted by Crippen LogP contribution is -2.13. The molecule has 0 heterocycles. The first kappa shape index (κ1) is 11.3. The molecule has 0 spiro atoms. The molecule has 1 aliphatic rings. The Morgan fingerprint density at radius 3 is 2.36 bits per heavy atom. The summed E-state index contributed by atoms with van der Waals surface area (Å²) in [4.78, 5) is 0. The van der Waals surface area contributed by atoms with Crippen molar-refractivity contribution in [1.29, 1.82) is 0 Å². The van der Waals surface area contributed by atoms with E-state index in [0.29, 0.717) is 0 Å². The topological polar surface area (TPSA) is 0 Å². The van der Waals surface area contributed by atoms with Crippen LogP contribution in [0.5, 0.6) is 0 Å². The van der Waals surface area contributed by atoms with Crippen molar-refractivity contribution in [3.63, 3.8) is 0 Å². The van der Waals surface area contributed by atoms with E-state index in [2.05, 4.69) is 38.7 Å². The lowest BCUT2D eigenvalue weighted by atomic mass is 9.79. The Hall–Kier alpha value is -0.780. The fraction of sp³-hybridized carbons (Fsp3) is 0.571. The molecule has 1 saturated carbocycles. The van der Waals surface area contributed by atoms with Gasteiger partial charge in [-0.05, 0) is 37.2 Å². The molecule has 0 radical (unpaired) electrons. The summed E-state index contributed by atoms with van der Waals surface area (Å²) in [5, 5.41) is 0. The minimum atomic E-state index is 0.778. The Labute approximate surface area is 88.4 Å². The van der Waals surface area contributed by atoms with Gasteiger partial charge < -0.3 is 0 Å². The molecule has 0 heteroatoms. The van der Waals surface area contributed by atoms with Crippen molar-refractivity contribution in [3.05, 3.63) is 36.5 Å². The van der Waals surface area contributed by atoms with E-state index in [1.54, 1.807) is 0 Å². The van der Waals surface area contributed by atoms with Crippen molar-refractivity contribution < 1.29 is 0 Å². The van der Waals surface area contributed by atoms with E-state index in [4.69, 9.17) is 0 Å². The van der Waals surface area contributed by atoms with Crippen LogP contribution in [-0.4, -0.2) is 0 Å². The molecule has 0 atom stereocenters. The summed E-state index contributed by atoms with van der Waals surface area (Å²) in [6.45, 7) is 8.23. The highest BCUT2D eigenvalue weighted by atomic mass is 14.2. The molecule has 0 aromatic rings. The second-order valence-electron chi connectivity index (χ2n) is 4.36. The third-order valence-corrected chi connectivity index (χ3v) is 3.16. The van der Waals surface area contributed by atoms with E-state index in [9.17, 15) is 0 Å². The second kappa shape index (κ2) is 5.85. The smallest absolute Gasteiger partial charge is 0.0162 e. The van der Waals surface area contributed by atoms with E-state index in [1.165, 1.54) is 31.3 Å². The molecule has 1 fully saturated rings. The molecule has 0 amide bonds. The first-order chi connectivity index (χ1) is 6.77. The van der Waals surface area contributed by atoms with Gasteiger partial charge in [-0.2, -0.15) is 0 Å². The van der Waals surface area contributed by atoms with Crippen LogP contribution in [0.15, 0.2) is 36.5 Å². The maximum atomic E-state index is 3.78. The van der Waals surface area contributed by atoms with Crippen molar-refractivity contribution in [1.82, 2.24) is 0 Å². The van der Waals surface area contributed by atoms with Crippen LogP contribution < -0.4 is 0 Å². The summed E-state index contributed by atoms with van der Waals surface area (Å²) in [7, 11) is 0. The van der Waals surface area contributed by atoms with E-state index < -0.39 is 0 Å². The molecule has 78 valence electrons. The number of hydrogen-bond acceptors (Lipinski definition) is 0. The fourth-order valence-electron chi connectivity index (χ4n) is 2.25. The summed E-state index contributed by atoms with van der Waals surface area (Å²) in [6, 6.07) is 0. The number of hydrogen-bond donors (Lipinski definition) is 0. The van der Waals surface area contributed by atoms with Crippen LogP contribution in [0.4, 0.5) is 0 Å². The average molecular weight is 190 g/mol. The molecule has 0 bridgehead atoms. The third-order valence-electron chi connectivity index (χ3n) is 3.16. The Morgan fingerprint density at radius 1 is 1.21 bits per heavy atom. The molecule has 0 aromatic carbocycles. The van der Waals surface area contributed by atoms with Crippen LogP contribution in [0.25, 0.3) is 0 Å². The van der Waals surface area contributed by atoms with Gasteiger partial charge in [0, 0.05) is 0 Å². The van der Waals surface area contributed by atoms with Crippen LogP contribution in [0.1, 0.15) is 39.5 Å². The van der Waals surface area contributed by atoms with Crippen LogP contribution in [-0.2, 0) is 0 Å². The molecule has 0 unspecified atom stereocenters. The molecule has 0 nitrogen and oxygen atoms in total. The zero-order valence-electron chi connectivity index (χ0n) is 9.50. The Kier molecular flexibility index (Phi) is 4.72. The van der Waals surface area contributed by atoms with Gasteiger partial charge in [-0.3, -0.25) is 0 Å². The summed E-state index contributed by atoms with van der Waals surface area (Å²) < 4.78 is 0. The molecule has 0 saturated heterocycles. The normalized spacial score (nSPS) is 29.4. The highest BCUT2D eigenvalue weighted by molar-refractivity contribution is 5.25. The van der Waals surface area contributed by atoms with Gasteiger partial charge in [-0.25, -0.2) is 0 Å². The van der Waals surface area contributed by atoms with Gasteiger partial charge in [0.05, 0.1) is 0 Å². The van der Waals surface area contributed by atoms with Crippen LogP contribution in [0.3, 0.4) is 0 Å². The van der Waals surface area contributed by atoms with Gasteiger partial charge >= 0.3 is 0 Å². The first-order valence-corrected chi connectivity index (χ1v) is 5.73. The van der Waals surface area contributed by atoms with Crippen molar-refractivity contribution in [2.24, 2.45) is 11.8 Å². The lowest BCUT2D eigenvalue weighted by Gasteiger charge is -2.27. The van der Waals surface area contributed by atoms with Gasteiger partial charge in [0.2, 0.25) is 0 Å². The van der Waals surface area contributed by atoms with E-state index in [0.717, 1.165) is 11.8 Å². The van der Waals surface area contributed by atoms with Crippen LogP contribution in [0, 0.1) is 11.8 Å². The molecule has 1 rings (SSSR count). The molecule has 14 heavy (non-hydrogen) atoms. The van der Waals surface area contributed by atoms with E-state index >= 15 is 0 Å². The van der Waals surface area contributed by atoms with Gasteiger partial charge in [-0.15, -0.1) is 0 Å². The fourth-order valence-corrected chi connectivity index (χ4v) is 2.25. The Morgan fingerprint density at radius 2 is 1.86 bits per heavy atom. The summed E-state index contributed by atoms with van der Waals surface area (Å²) in [5.41, 5.74) is 1.47. The lowest BCUT2D eigenvalue weighted by molar-refractivity contribution is 0.323. The number of allylic oxidation sites excluding steroid dienone is 5. The summed E-state index contributed by atoms with van der Waals surface area (Å²) >= 11 is 0. The standard InChI is InChI=1S/C14H22/c1-4-6-13(7-5-2)14-10-8-12(3)9-11-14/h4-7,12,14H,1,8-11H2,2-3H3/b7-5-,13-6+. The molecule has 1 aliphatic carbocycles. The monoisotopic (exact) mass is 190 g/mol. The Bertz CT molecular complexity index is 224. The molecular formula is C14H22. The van der Waals surface area contributed by atoms with Crippen molar-refractivity contribution >= 4 is 0 Å². The average Bonchev–Trinajstić information content (AvgIpc) is 2.19. The van der Waals surface area contributed by atoms with Crippen molar-refractivity contribution in [2.45, 2.75) is 39.5 Å². The van der Waals surface area contributed by atoms with Gasteiger partial charge in [0.1, 0.15) is 0 Å². The molecule has 0 aliphatic heterocycles. The summed E-state index contributed by atoms with van der Waals surface area (Å²) in [6.07, 6.45) is 13.9. The highest BCUT2D eigenvalue weighted by Gasteiger charge is 2.19. The molecule has 0 aromatic heterocycles. The SMILES string of the molecule is C=C/C=C(\C=C/C)C1CCC(C)CC1. The van der Waals surface area contributed by atoms with Crippen LogP contribution in [0.2, 0.25) is 0 Å². The molecule has 0 N–H and O–H groups in total. The van der Waals surface area contributed by atoms with E-state index in [-0.39, 0.29) is 0 Å². The van der Waals surface area contributed by atoms with E-state index in [1.807, 2.05) is 6.08 Å². The maximum Gasteiger partial charge on any atom is -0.0162 e. The molecular weight excluding hydrogens is 168 g/mol. The minimum absolute atomic E-state index is 0.778. The van der Waals surface area contributed by atoms with Gasteiger partial charge in [0.25, 0.3) is 0 Å². The quantitative estimate of drug-likeness (QED) is 0.575. The van der Waals surface area contributed by atoms with Gasteiger partial charge in [0.15, 0.2) is 0 Å². The third kappa shape index (κ3) is 3.17. The Balaban J connectivity index is 2.61. The largest absolute Gasteiger partial charge is 0.0991 e. The van der Waals surface area contributed by atoms with Crippen LogP contribution >= 0.6 is 0 Å². The zero-order chi connectivity index (χ0) is 10.4. The number of rotatable bonds is 3. The minimum Gasteiger partial charge on any atom is -0.0991 e. The van der Waals surface area contributed by atoms with Crippen molar-refractivity contribution in [2.75, 3.05) is 0 Å². The van der Waals surface area contributed by atoms with Gasteiger partial charge in [-0.1, -0.05) is 50.6 Å². The zero-order valence-corrected chi connectivity index (χ0v) is 9.50. The highest BCUT2D eigenvalue weighted by Crippen LogP contribution is 2.33. The first-order valence-electron chi connectivity index (χ1n) is 5.73. The predicted molar refractivity (Wildman–Crippen MR) is 64.2 cm³/mol. The summed E-state index contributed by atoms with van der Waals surface area (Å²) in [5.74, 6) is 1.71. The van der Waals surface area contributed by atoms with Crippen molar-refractivity contribution in [3.8, 4) is 0 Å². The second-order valence-corrected chi connectivity index (χ2v) is 4.36.